The van der Waals surface area contributed by atoms with Gasteiger partial charge in [0.05, 0.1) is 30.2 Å². The highest BCUT2D eigenvalue weighted by molar-refractivity contribution is 6.33. The Morgan fingerprint density at radius 1 is 0.882 bits per heavy atom. The molecule has 7 heteroatoms. The van der Waals surface area contributed by atoms with Crippen LogP contribution in [0.5, 0.6) is 5.75 Å². The Bertz CT molecular complexity index is 1220. The number of unbranched alkanes of at least 4 members (excludes halogenated alkanes) is 2. The Balaban J connectivity index is 0.00000324. The first-order valence-corrected chi connectivity index (χ1v) is 11.6. The predicted octanol–water partition coefficient (Wildman–Crippen LogP) is 7.07. The molecule has 2 aromatic heterocycles. The SMILES string of the molecule is CCCCCOc1ccc(-c2ccc(-c3ccccc3Cl)n2Cc2ccc(N)c(N)n2)cc1.Cl. The molecule has 34 heavy (non-hydrogen) atoms. The van der Waals surface area contributed by atoms with Crippen molar-refractivity contribution in [3.05, 3.63) is 83.5 Å². The van der Waals surface area contributed by atoms with Crippen molar-refractivity contribution < 1.29 is 4.74 Å². The minimum atomic E-state index is 0. The molecule has 0 aliphatic rings. The Morgan fingerprint density at radius 3 is 2.32 bits per heavy atom. The largest absolute Gasteiger partial charge is 0.494 e. The van der Waals surface area contributed by atoms with Gasteiger partial charge in [-0.05, 0) is 66.6 Å². The van der Waals surface area contributed by atoms with Gasteiger partial charge in [0.15, 0.2) is 0 Å². The lowest BCUT2D eigenvalue weighted by Crippen LogP contribution is -2.08. The Labute approximate surface area is 212 Å². The molecular formula is C27H30Cl2N4O. The van der Waals surface area contributed by atoms with E-state index < -0.39 is 0 Å². The molecule has 0 aliphatic carbocycles. The number of hydrogen-bond acceptors (Lipinski definition) is 4. The highest BCUT2D eigenvalue weighted by Gasteiger charge is 2.15. The van der Waals surface area contributed by atoms with Crippen LogP contribution in [0.25, 0.3) is 22.5 Å². The lowest BCUT2D eigenvalue weighted by atomic mass is 10.1. The molecule has 178 valence electrons. The van der Waals surface area contributed by atoms with Gasteiger partial charge in [0.1, 0.15) is 11.6 Å². The van der Waals surface area contributed by atoms with Gasteiger partial charge >= 0.3 is 0 Å². The number of pyridine rings is 1. The minimum absolute atomic E-state index is 0. The summed E-state index contributed by atoms with van der Waals surface area (Å²) >= 11 is 6.54. The summed E-state index contributed by atoms with van der Waals surface area (Å²) in [6, 6.07) is 23.9. The zero-order chi connectivity index (χ0) is 23.2. The lowest BCUT2D eigenvalue weighted by Gasteiger charge is -2.16. The van der Waals surface area contributed by atoms with E-state index in [0.29, 0.717) is 23.1 Å². The molecular weight excluding hydrogens is 467 g/mol. The van der Waals surface area contributed by atoms with Crippen LogP contribution in [0.3, 0.4) is 0 Å². The van der Waals surface area contributed by atoms with E-state index in [0.717, 1.165) is 47.0 Å². The van der Waals surface area contributed by atoms with Crippen molar-refractivity contribution in [3.63, 3.8) is 0 Å². The normalized spacial score (nSPS) is 10.6. The van der Waals surface area contributed by atoms with Gasteiger partial charge in [0.25, 0.3) is 0 Å². The number of aromatic nitrogens is 2. The maximum absolute atomic E-state index is 6.54. The van der Waals surface area contributed by atoms with Crippen LogP contribution >= 0.6 is 24.0 Å². The van der Waals surface area contributed by atoms with Crippen LogP contribution in [0.15, 0.2) is 72.8 Å². The van der Waals surface area contributed by atoms with Crippen LogP contribution in [0.2, 0.25) is 5.02 Å². The van der Waals surface area contributed by atoms with Gasteiger partial charge in [-0.2, -0.15) is 0 Å². The molecule has 4 N–H and O–H groups in total. The first-order valence-electron chi connectivity index (χ1n) is 11.3. The monoisotopic (exact) mass is 496 g/mol. The van der Waals surface area contributed by atoms with Crippen molar-refractivity contribution in [2.24, 2.45) is 0 Å². The molecule has 4 aromatic rings. The highest BCUT2D eigenvalue weighted by Crippen LogP contribution is 2.34. The summed E-state index contributed by atoms with van der Waals surface area (Å²) in [5.74, 6) is 1.22. The van der Waals surface area contributed by atoms with E-state index in [2.05, 4.69) is 40.7 Å². The fraction of sp³-hybridized carbons (Fsp3) is 0.222. The summed E-state index contributed by atoms with van der Waals surface area (Å²) in [7, 11) is 0. The molecule has 0 atom stereocenters. The summed E-state index contributed by atoms with van der Waals surface area (Å²) in [5.41, 5.74) is 17.2. The molecule has 0 radical (unpaired) electrons. The van der Waals surface area contributed by atoms with E-state index >= 15 is 0 Å². The third-order valence-electron chi connectivity index (χ3n) is 5.63. The molecule has 0 saturated carbocycles. The fourth-order valence-electron chi connectivity index (χ4n) is 3.84. The van der Waals surface area contributed by atoms with E-state index in [-0.39, 0.29) is 12.4 Å². The smallest absolute Gasteiger partial charge is 0.146 e. The summed E-state index contributed by atoms with van der Waals surface area (Å²) in [6.45, 7) is 3.46. The number of nitrogen functional groups attached to an aromatic ring is 2. The Hall–Kier alpha value is -3.15. The molecule has 0 saturated heterocycles. The molecule has 0 amide bonds. The average Bonchev–Trinajstić information content (AvgIpc) is 3.23. The Morgan fingerprint density at radius 2 is 1.62 bits per heavy atom. The van der Waals surface area contributed by atoms with Crippen molar-refractivity contribution in [3.8, 4) is 28.3 Å². The number of nitrogens with zero attached hydrogens (tertiary/aromatic N) is 2. The molecule has 2 aromatic carbocycles. The summed E-state index contributed by atoms with van der Waals surface area (Å²) in [4.78, 5) is 4.48. The first-order chi connectivity index (χ1) is 16.1. The van der Waals surface area contributed by atoms with Crippen molar-refractivity contribution in [1.29, 1.82) is 0 Å². The average molecular weight is 497 g/mol. The maximum Gasteiger partial charge on any atom is 0.146 e. The topological polar surface area (TPSA) is 79.1 Å². The van der Waals surface area contributed by atoms with Gasteiger partial charge in [-0.15, -0.1) is 12.4 Å². The highest BCUT2D eigenvalue weighted by atomic mass is 35.5. The van der Waals surface area contributed by atoms with Gasteiger partial charge < -0.3 is 20.8 Å². The number of rotatable bonds is 9. The van der Waals surface area contributed by atoms with E-state index in [1.54, 1.807) is 6.07 Å². The molecule has 0 aliphatic heterocycles. The van der Waals surface area contributed by atoms with Gasteiger partial charge in [-0.25, -0.2) is 4.98 Å². The number of anilines is 2. The number of halogens is 2. The van der Waals surface area contributed by atoms with Gasteiger partial charge in [-0.3, -0.25) is 0 Å². The zero-order valence-corrected chi connectivity index (χ0v) is 20.8. The van der Waals surface area contributed by atoms with Crippen molar-refractivity contribution >= 4 is 35.5 Å². The summed E-state index contributed by atoms with van der Waals surface area (Å²) in [5, 5.41) is 0.698. The predicted molar refractivity (Wildman–Crippen MR) is 145 cm³/mol. The van der Waals surface area contributed by atoms with Crippen molar-refractivity contribution in [2.75, 3.05) is 18.1 Å². The molecule has 0 unspecified atom stereocenters. The van der Waals surface area contributed by atoms with E-state index in [1.165, 1.54) is 12.8 Å². The number of hydrogen-bond donors (Lipinski definition) is 2. The number of ether oxygens (including phenoxy) is 1. The number of nitrogens with two attached hydrogens (primary N) is 2. The van der Waals surface area contributed by atoms with E-state index in [1.807, 2.05) is 42.5 Å². The van der Waals surface area contributed by atoms with Crippen LogP contribution in [0, 0.1) is 0 Å². The van der Waals surface area contributed by atoms with E-state index in [9.17, 15) is 0 Å². The molecule has 0 bridgehead atoms. The van der Waals surface area contributed by atoms with Gasteiger partial charge in [-0.1, -0.05) is 49.6 Å². The van der Waals surface area contributed by atoms with Gasteiger partial charge in [0, 0.05) is 16.3 Å². The zero-order valence-electron chi connectivity index (χ0n) is 19.2. The second-order valence-electron chi connectivity index (χ2n) is 8.03. The first kappa shape index (κ1) is 25.5. The van der Waals surface area contributed by atoms with Crippen LogP contribution in [-0.4, -0.2) is 16.2 Å². The van der Waals surface area contributed by atoms with Crippen molar-refractivity contribution in [2.45, 2.75) is 32.7 Å². The lowest BCUT2D eigenvalue weighted by molar-refractivity contribution is 0.306. The Kier molecular flexibility index (Phi) is 8.85. The van der Waals surface area contributed by atoms with Gasteiger partial charge in [0.2, 0.25) is 0 Å². The van der Waals surface area contributed by atoms with Crippen LogP contribution in [-0.2, 0) is 6.54 Å². The van der Waals surface area contributed by atoms with Crippen molar-refractivity contribution in [1.82, 2.24) is 9.55 Å². The summed E-state index contributed by atoms with van der Waals surface area (Å²) in [6.07, 6.45) is 3.43. The quantitative estimate of drug-likeness (QED) is 0.242. The third-order valence-corrected chi connectivity index (χ3v) is 5.96. The standard InChI is InChI=1S/C27H29ClN4O.ClH/c1-2-3-6-17-33-21-12-9-19(10-13-21)25-15-16-26(22-7-4-5-8-23(22)28)32(25)18-20-11-14-24(29)27(30)31-20;/h4-5,7-16H,2-3,6,17-18,29H2,1H3,(H2,30,31);1H. The summed E-state index contributed by atoms with van der Waals surface area (Å²) < 4.78 is 8.08. The molecule has 4 rings (SSSR count). The number of benzene rings is 2. The minimum Gasteiger partial charge on any atom is -0.494 e. The molecule has 2 heterocycles. The fourth-order valence-corrected chi connectivity index (χ4v) is 4.07. The molecule has 0 spiro atoms. The maximum atomic E-state index is 6.54. The van der Waals surface area contributed by atoms with Crippen LogP contribution in [0.1, 0.15) is 31.9 Å². The second kappa shape index (κ2) is 11.8. The van der Waals surface area contributed by atoms with E-state index in [4.69, 9.17) is 27.8 Å². The second-order valence-corrected chi connectivity index (χ2v) is 8.43. The van der Waals surface area contributed by atoms with Crippen LogP contribution < -0.4 is 16.2 Å². The third kappa shape index (κ3) is 5.85. The van der Waals surface area contributed by atoms with Crippen LogP contribution in [0.4, 0.5) is 11.5 Å². The molecule has 5 nitrogen and oxygen atoms in total. The molecule has 0 fully saturated rings.